The molecule has 2 aromatic heterocycles. The Hall–Kier alpha value is -2.62. The van der Waals surface area contributed by atoms with Crippen molar-refractivity contribution in [2.45, 2.75) is 6.54 Å². The zero-order valence-electron chi connectivity index (χ0n) is 10.4. The fourth-order valence-corrected chi connectivity index (χ4v) is 2.03. The lowest BCUT2D eigenvalue weighted by Gasteiger charge is -2.11. The zero-order chi connectivity index (χ0) is 13.1. The van der Waals surface area contributed by atoms with Gasteiger partial charge < -0.3 is 11.1 Å². The van der Waals surface area contributed by atoms with Crippen molar-refractivity contribution in [3.63, 3.8) is 0 Å². The van der Waals surface area contributed by atoms with Crippen LogP contribution in [0.15, 0.2) is 55.0 Å². The van der Waals surface area contributed by atoms with E-state index in [1.54, 1.807) is 18.6 Å². The summed E-state index contributed by atoms with van der Waals surface area (Å²) < 4.78 is 0. The molecule has 0 amide bonds. The van der Waals surface area contributed by atoms with Crippen molar-refractivity contribution >= 4 is 22.3 Å². The van der Waals surface area contributed by atoms with Crippen LogP contribution in [0.1, 0.15) is 5.56 Å². The van der Waals surface area contributed by atoms with Crippen LogP contribution in [-0.2, 0) is 6.54 Å². The summed E-state index contributed by atoms with van der Waals surface area (Å²) in [5.41, 5.74) is 9.91. The molecular formula is C15H14N4. The molecule has 0 fully saturated rings. The van der Waals surface area contributed by atoms with E-state index in [1.807, 2.05) is 36.4 Å². The largest absolute Gasteiger partial charge is 0.397 e. The molecule has 0 radical (unpaired) electrons. The van der Waals surface area contributed by atoms with E-state index in [1.165, 1.54) is 5.56 Å². The van der Waals surface area contributed by atoms with E-state index < -0.39 is 0 Å². The van der Waals surface area contributed by atoms with Crippen LogP contribution in [0.3, 0.4) is 0 Å². The molecule has 3 rings (SSSR count). The fraction of sp³-hybridized carbons (Fsp3) is 0.0667. The van der Waals surface area contributed by atoms with Gasteiger partial charge in [-0.3, -0.25) is 9.97 Å². The van der Waals surface area contributed by atoms with Crippen LogP contribution in [0.2, 0.25) is 0 Å². The van der Waals surface area contributed by atoms with E-state index in [4.69, 9.17) is 5.73 Å². The molecule has 0 aliphatic heterocycles. The number of hydrogen-bond acceptors (Lipinski definition) is 4. The maximum atomic E-state index is 6.17. The van der Waals surface area contributed by atoms with Gasteiger partial charge in [-0.05, 0) is 42.0 Å². The van der Waals surface area contributed by atoms with Crippen LogP contribution in [0, 0.1) is 0 Å². The third-order valence-corrected chi connectivity index (χ3v) is 3.06. The lowest BCUT2D eigenvalue weighted by atomic mass is 10.1. The van der Waals surface area contributed by atoms with Crippen molar-refractivity contribution in [1.82, 2.24) is 9.97 Å². The average Bonchev–Trinajstić information content (AvgIpc) is 2.48. The molecule has 4 nitrogen and oxygen atoms in total. The quantitative estimate of drug-likeness (QED) is 0.702. The Balaban J connectivity index is 1.87. The molecule has 0 bridgehead atoms. The van der Waals surface area contributed by atoms with Crippen molar-refractivity contribution in [1.29, 1.82) is 0 Å². The van der Waals surface area contributed by atoms with Crippen LogP contribution in [-0.4, -0.2) is 9.97 Å². The monoisotopic (exact) mass is 250 g/mol. The van der Waals surface area contributed by atoms with Gasteiger partial charge in [-0.1, -0.05) is 0 Å². The second-order valence-corrected chi connectivity index (χ2v) is 4.31. The Kier molecular flexibility index (Phi) is 2.98. The van der Waals surface area contributed by atoms with Gasteiger partial charge in [-0.2, -0.15) is 0 Å². The molecule has 0 saturated heterocycles. The summed E-state index contributed by atoms with van der Waals surface area (Å²) in [5, 5.41) is 4.32. The summed E-state index contributed by atoms with van der Waals surface area (Å²) in [6, 6.07) is 11.8. The first-order chi connectivity index (χ1) is 9.34. The molecule has 3 N–H and O–H groups in total. The highest BCUT2D eigenvalue weighted by molar-refractivity contribution is 5.96. The summed E-state index contributed by atoms with van der Waals surface area (Å²) in [5.74, 6) is 0. The topological polar surface area (TPSA) is 63.8 Å². The number of nitrogens with one attached hydrogen (secondary N) is 1. The molecule has 1 aromatic carbocycles. The van der Waals surface area contributed by atoms with Gasteiger partial charge in [0.1, 0.15) is 0 Å². The minimum Gasteiger partial charge on any atom is -0.397 e. The molecule has 0 aliphatic carbocycles. The van der Waals surface area contributed by atoms with Gasteiger partial charge in [0.2, 0.25) is 0 Å². The van der Waals surface area contributed by atoms with Crippen LogP contribution in [0.25, 0.3) is 10.9 Å². The first-order valence-corrected chi connectivity index (χ1v) is 6.10. The van der Waals surface area contributed by atoms with E-state index in [0.717, 1.165) is 28.8 Å². The highest BCUT2D eigenvalue weighted by Crippen LogP contribution is 2.27. The maximum absolute atomic E-state index is 6.17. The van der Waals surface area contributed by atoms with E-state index >= 15 is 0 Å². The number of hydrogen-bond donors (Lipinski definition) is 2. The lowest BCUT2D eigenvalue weighted by Crippen LogP contribution is -2.03. The molecular weight excluding hydrogens is 236 g/mol. The normalized spacial score (nSPS) is 10.5. The number of anilines is 2. The number of nitrogen functional groups attached to an aromatic ring is 1. The molecule has 0 unspecified atom stereocenters. The number of fused-ring (bicyclic) bond motifs is 1. The van der Waals surface area contributed by atoms with Gasteiger partial charge in [0.15, 0.2) is 0 Å². The summed E-state index contributed by atoms with van der Waals surface area (Å²) in [7, 11) is 0. The van der Waals surface area contributed by atoms with Gasteiger partial charge >= 0.3 is 0 Å². The van der Waals surface area contributed by atoms with Crippen LogP contribution in [0.5, 0.6) is 0 Å². The molecule has 94 valence electrons. The second-order valence-electron chi connectivity index (χ2n) is 4.31. The summed E-state index contributed by atoms with van der Waals surface area (Å²) in [6.07, 6.45) is 5.33. The third kappa shape index (κ3) is 2.33. The van der Waals surface area contributed by atoms with Gasteiger partial charge in [-0.15, -0.1) is 0 Å². The maximum Gasteiger partial charge on any atom is 0.0724 e. The highest BCUT2D eigenvalue weighted by atomic mass is 14.9. The Morgan fingerprint density at radius 1 is 1.00 bits per heavy atom. The minimum atomic E-state index is 0.721. The van der Waals surface area contributed by atoms with Crippen LogP contribution < -0.4 is 11.1 Å². The predicted molar refractivity (Wildman–Crippen MR) is 77.7 cm³/mol. The molecule has 3 aromatic rings. The second kappa shape index (κ2) is 4.94. The Morgan fingerprint density at radius 3 is 2.68 bits per heavy atom. The number of aromatic nitrogens is 2. The summed E-state index contributed by atoms with van der Waals surface area (Å²) in [6.45, 7) is 0.721. The molecule has 4 heteroatoms. The Bertz CT molecular complexity index is 695. The van der Waals surface area contributed by atoms with E-state index in [-0.39, 0.29) is 0 Å². The number of rotatable bonds is 3. The summed E-state index contributed by atoms with van der Waals surface area (Å²) >= 11 is 0. The number of pyridine rings is 2. The average molecular weight is 250 g/mol. The SMILES string of the molecule is Nc1c(NCc2ccncc2)ccc2ncccc12. The fourth-order valence-electron chi connectivity index (χ4n) is 2.03. The van der Waals surface area contributed by atoms with Crippen molar-refractivity contribution < 1.29 is 0 Å². The van der Waals surface area contributed by atoms with Crippen molar-refractivity contribution in [3.8, 4) is 0 Å². The van der Waals surface area contributed by atoms with Gasteiger partial charge in [-0.25, -0.2) is 0 Å². The van der Waals surface area contributed by atoms with Crippen molar-refractivity contribution in [3.05, 3.63) is 60.6 Å². The number of benzene rings is 1. The molecule has 2 heterocycles. The number of nitrogens with two attached hydrogens (primary N) is 1. The molecule has 19 heavy (non-hydrogen) atoms. The van der Waals surface area contributed by atoms with E-state index in [0.29, 0.717) is 0 Å². The van der Waals surface area contributed by atoms with Crippen molar-refractivity contribution in [2.24, 2.45) is 0 Å². The van der Waals surface area contributed by atoms with Gasteiger partial charge in [0.05, 0.1) is 16.9 Å². The number of nitrogens with zero attached hydrogens (tertiary/aromatic N) is 2. The van der Waals surface area contributed by atoms with E-state index in [2.05, 4.69) is 15.3 Å². The third-order valence-electron chi connectivity index (χ3n) is 3.06. The highest BCUT2D eigenvalue weighted by Gasteiger charge is 2.04. The van der Waals surface area contributed by atoms with Crippen LogP contribution in [0.4, 0.5) is 11.4 Å². The molecule has 0 atom stereocenters. The molecule has 0 aliphatic rings. The van der Waals surface area contributed by atoms with Gasteiger partial charge in [0, 0.05) is 30.5 Å². The standard InChI is InChI=1S/C15H14N4/c16-15-12-2-1-7-18-13(12)3-4-14(15)19-10-11-5-8-17-9-6-11/h1-9,19H,10,16H2. The first-order valence-electron chi connectivity index (χ1n) is 6.10. The predicted octanol–water partition coefficient (Wildman–Crippen LogP) is 2.82. The van der Waals surface area contributed by atoms with Crippen LogP contribution >= 0.6 is 0 Å². The Labute approximate surface area is 111 Å². The molecule has 0 spiro atoms. The zero-order valence-corrected chi connectivity index (χ0v) is 10.4. The molecule has 0 saturated carbocycles. The summed E-state index contributed by atoms with van der Waals surface area (Å²) in [4.78, 5) is 8.28. The van der Waals surface area contributed by atoms with Crippen molar-refractivity contribution in [2.75, 3.05) is 11.1 Å². The van der Waals surface area contributed by atoms with Gasteiger partial charge in [0.25, 0.3) is 0 Å². The van der Waals surface area contributed by atoms with E-state index in [9.17, 15) is 0 Å². The first kappa shape index (κ1) is 11.5. The smallest absolute Gasteiger partial charge is 0.0724 e. The lowest BCUT2D eigenvalue weighted by molar-refractivity contribution is 1.13. The minimum absolute atomic E-state index is 0.721. The Morgan fingerprint density at radius 2 is 1.84 bits per heavy atom.